The van der Waals surface area contributed by atoms with Gasteiger partial charge in [0.05, 0.1) is 10.8 Å². The zero-order valence-electron chi connectivity index (χ0n) is 10.9. The molecule has 0 aliphatic rings. The number of nitrogens with one attached hydrogen (secondary N) is 1. The maximum absolute atomic E-state index is 6.11. The van der Waals surface area contributed by atoms with Gasteiger partial charge in [0.15, 0.2) is 4.34 Å². The van der Waals surface area contributed by atoms with Crippen molar-refractivity contribution in [3.05, 3.63) is 35.2 Å². The van der Waals surface area contributed by atoms with E-state index < -0.39 is 0 Å². The van der Waals surface area contributed by atoms with E-state index >= 15 is 0 Å². The number of halogens is 1. The molecule has 3 aromatic rings. The van der Waals surface area contributed by atoms with Crippen molar-refractivity contribution < 1.29 is 4.52 Å². The van der Waals surface area contributed by atoms with Crippen LogP contribution in [0.2, 0.25) is 5.02 Å². The van der Waals surface area contributed by atoms with Gasteiger partial charge < -0.3 is 9.84 Å². The van der Waals surface area contributed by atoms with E-state index in [-0.39, 0.29) is 0 Å². The van der Waals surface area contributed by atoms with E-state index in [4.69, 9.17) is 16.1 Å². The summed E-state index contributed by atoms with van der Waals surface area (Å²) < 4.78 is 6.07. The van der Waals surface area contributed by atoms with Gasteiger partial charge in [-0.3, -0.25) is 0 Å². The molecule has 0 radical (unpaired) electrons. The molecule has 0 saturated carbocycles. The second-order valence-corrected chi connectivity index (χ2v) is 6.51. The fourth-order valence-corrected chi connectivity index (χ4v) is 3.32. The van der Waals surface area contributed by atoms with Crippen molar-refractivity contribution in [3.63, 3.8) is 0 Å². The highest BCUT2D eigenvalue weighted by molar-refractivity contribution is 8.00. The van der Waals surface area contributed by atoms with Crippen LogP contribution >= 0.6 is 34.7 Å². The van der Waals surface area contributed by atoms with Crippen LogP contribution in [-0.2, 0) is 5.75 Å². The van der Waals surface area contributed by atoms with Crippen LogP contribution in [0.5, 0.6) is 0 Å². The Morgan fingerprint density at radius 1 is 1.33 bits per heavy atom. The predicted molar refractivity (Wildman–Crippen MR) is 83.8 cm³/mol. The number of thioether (sulfide) groups is 1. The number of nitrogens with zero attached hydrogens (tertiary/aromatic N) is 4. The third kappa shape index (κ3) is 3.34. The van der Waals surface area contributed by atoms with Crippen LogP contribution < -0.4 is 5.32 Å². The molecular formula is C12H10ClN5OS2. The summed E-state index contributed by atoms with van der Waals surface area (Å²) in [4.78, 5) is 4.34. The molecular weight excluding hydrogens is 330 g/mol. The van der Waals surface area contributed by atoms with Gasteiger partial charge in [0.1, 0.15) is 0 Å². The second kappa shape index (κ2) is 6.42. The first kappa shape index (κ1) is 14.3. The topological polar surface area (TPSA) is 76.7 Å². The van der Waals surface area contributed by atoms with Crippen LogP contribution in [0.1, 0.15) is 5.89 Å². The van der Waals surface area contributed by atoms with Gasteiger partial charge >= 0.3 is 0 Å². The van der Waals surface area contributed by atoms with Gasteiger partial charge in [0.2, 0.25) is 16.8 Å². The second-order valence-electron chi connectivity index (χ2n) is 3.90. The minimum atomic E-state index is 0.490. The molecule has 0 spiro atoms. The first-order chi connectivity index (χ1) is 10.3. The maximum atomic E-state index is 6.11. The van der Waals surface area contributed by atoms with Crippen molar-refractivity contribution in [3.8, 4) is 11.4 Å². The molecule has 3 rings (SSSR count). The summed E-state index contributed by atoms with van der Waals surface area (Å²) >= 11 is 9.08. The normalized spacial score (nSPS) is 10.8. The summed E-state index contributed by atoms with van der Waals surface area (Å²) in [6.45, 7) is 0. The molecule has 9 heteroatoms. The molecule has 6 nitrogen and oxygen atoms in total. The SMILES string of the molecule is CNc1nnc(SCc2nc(-c3ccccc3Cl)no2)s1. The van der Waals surface area contributed by atoms with Gasteiger partial charge in [-0.2, -0.15) is 4.98 Å². The Morgan fingerprint density at radius 2 is 2.19 bits per heavy atom. The number of hydrogen-bond acceptors (Lipinski definition) is 8. The van der Waals surface area contributed by atoms with Crippen LogP contribution in [0.4, 0.5) is 5.13 Å². The molecule has 0 aliphatic carbocycles. The summed E-state index contributed by atoms with van der Waals surface area (Å²) in [6, 6.07) is 7.39. The lowest BCUT2D eigenvalue weighted by molar-refractivity contribution is 0.391. The molecule has 0 unspecified atom stereocenters. The van der Waals surface area contributed by atoms with Crippen LogP contribution in [0, 0.1) is 0 Å². The van der Waals surface area contributed by atoms with E-state index in [0.29, 0.717) is 22.5 Å². The van der Waals surface area contributed by atoms with Gasteiger partial charge in [-0.1, -0.05) is 52.0 Å². The van der Waals surface area contributed by atoms with E-state index in [1.165, 1.54) is 23.1 Å². The predicted octanol–water partition coefficient (Wildman–Crippen LogP) is 3.58. The largest absolute Gasteiger partial charge is 0.363 e. The zero-order valence-corrected chi connectivity index (χ0v) is 13.3. The molecule has 108 valence electrons. The highest BCUT2D eigenvalue weighted by Crippen LogP contribution is 2.29. The number of benzene rings is 1. The Hall–Kier alpha value is -1.64. The molecule has 1 N–H and O–H groups in total. The average molecular weight is 340 g/mol. The number of rotatable bonds is 5. The van der Waals surface area contributed by atoms with E-state index in [0.717, 1.165) is 15.0 Å². The third-order valence-corrected chi connectivity index (χ3v) is 4.91. The highest BCUT2D eigenvalue weighted by Gasteiger charge is 2.12. The van der Waals surface area contributed by atoms with Crippen LogP contribution in [0.15, 0.2) is 33.1 Å². The highest BCUT2D eigenvalue weighted by atomic mass is 35.5. The summed E-state index contributed by atoms with van der Waals surface area (Å²) in [5.74, 6) is 1.55. The molecule has 2 heterocycles. The van der Waals surface area contributed by atoms with Crippen LogP contribution in [-0.4, -0.2) is 27.4 Å². The first-order valence-corrected chi connectivity index (χ1v) is 8.16. The molecule has 0 aliphatic heterocycles. The summed E-state index contributed by atoms with van der Waals surface area (Å²) in [7, 11) is 1.81. The molecule has 1 aromatic carbocycles. The molecule has 21 heavy (non-hydrogen) atoms. The number of hydrogen-bond donors (Lipinski definition) is 1. The summed E-state index contributed by atoms with van der Waals surface area (Å²) in [5.41, 5.74) is 0.757. The Labute approximate surface area is 133 Å². The van der Waals surface area contributed by atoms with Crippen molar-refractivity contribution in [1.82, 2.24) is 20.3 Å². The molecule has 2 aromatic heterocycles. The van der Waals surface area contributed by atoms with Crippen molar-refractivity contribution in [2.75, 3.05) is 12.4 Å². The fraction of sp³-hybridized carbons (Fsp3) is 0.167. The van der Waals surface area contributed by atoms with Crippen molar-refractivity contribution >= 4 is 39.8 Å². The molecule has 0 amide bonds. The van der Waals surface area contributed by atoms with Gasteiger partial charge in [0.25, 0.3) is 0 Å². The quantitative estimate of drug-likeness (QED) is 0.712. The van der Waals surface area contributed by atoms with Crippen molar-refractivity contribution in [2.24, 2.45) is 0 Å². The summed E-state index contributed by atoms with van der Waals surface area (Å²) in [5, 5.41) is 16.3. The molecule has 0 saturated heterocycles. The molecule has 0 atom stereocenters. The summed E-state index contributed by atoms with van der Waals surface area (Å²) in [6.07, 6.45) is 0. The average Bonchev–Trinajstić information content (AvgIpc) is 3.14. The number of aromatic nitrogens is 4. The molecule has 0 fully saturated rings. The van der Waals surface area contributed by atoms with E-state index in [1.54, 1.807) is 6.07 Å². The van der Waals surface area contributed by atoms with Crippen molar-refractivity contribution in [2.45, 2.75) is 10.1 Å². The van der Waals surface area contributed by atoms with Crippen LogP contribution in [0.25, 0.3) is 11.4 Å². The first-order valence-electron chi connectivity index (χ1n) is 5.98. The Kier molecular flexibility index (Phi) is 4.37. The zero-order chi connectivity index (χ0) is 14.7. The van der Waals surface area contributed by atoms with Gasteiger partial charge in [-0.25, -0.2) is 0 Å². The van der Waals surface area contributed by atoms with E-state index in [9.17, 15) is 0 Å². The van der Waals surface area contributed by atoms with Crippen molar-refractivity contribution in [1.29, 1.82) is 0 Å². The van der Waals surface area contributed by atoms with Gasteiger partial charge in [0, 0.05) is 12.6 Å². The van der Waals surface area contributed by atoms with Gasteiger partial charge in [-0.05, 0) is 12.1 Å². The minimum absolute atomic E-state index is 0.490. The Balaban J connectivity index is 1.69. The lowest BCUT2D eigenvalue weighted by Crippen LogP contribution is -1.84. The van der Waals surface area contributed by atoms with Crippen LogP contribution in [0.3, 0.4) is 0 Å². The minimum Gasteiger partial charge on any atom is -0.363 e. The Bertz CT molecular complexity index is 745. The van der Waals surface area contributed by atoms with E-state index in [2.05, 4.69) is 25.7 Å². The third-order valence-electron chi connectivity index (χ3n) is 2.52. The van der Waals surface area contributed by atoms with Gasteiger partial charge in [-0.15, -0.1) is 10.2 Å². The Morgan fingerprint density at radius 3 is 2.95 bits per heavy atom. The molecule has 0 bridgehead atoms. The lowest BCUT2D eigenvalue weighted by atomic mass is 10.2. The maximum Gasteiger partial charge on any atom is 0.237 e. The fourth-order valence-electron chi connectivity index (χ4n) is 1.56. The monoisotopic (exact) mass is 339 g/mol. The number of anilines is 1. The van der Waals surface area contributed by atoms with E-state index in [1.807, 2.05) is 25.2 Å². The standard InChI is InChI=1S/C12H10ClN5OS2/c1-14-11-16-17-12(21-11)20-6-9-15-10(18-19-9)7-4-2-3-5-8(7)13/h2-5H,6H2,1H3,(H,14,16). The lowest BCUT2D eigenvalue weighted by Gasteiger charge is -1.95. The smallest absolute Gasteiger partial charge is 0.237 e.